The molecule has 2 heteroatoms. The third-order valence-corrected chi connectivity index (χ3v) is 8.63. The lowest BCUT2D eigenvalue weighted by Gasteiger charge is -2.37. The monoisotopic (exact) mass is 594 g/mol. The van der Waals surface area contributed by atoms with Crippen LogP contribution >= 0.6 is 0 Å². The molecule has 2 rings (SSSR count). The van der Waals surface area contributed by atoms with Gasteiger partial charge in [-0.15, -0.1) is 0 Å². The Morgan fingerprint density at radius 1 is 0.659 bits per heavy atom. The van der Waals surface area contributed by atoms with Gasteiger partial charge in [0.25, 0.3) is 0 Å². The van der Waals surface area contributed by atoms with E-state index < -0.39 is 0 Å². The zero-order valence-electron chi connectivity index (χ0n) is 29.5. The number of carbonyl (C=O) groups excluding carboxylic acids is 1. The van der Waals surface area contributed by atoms with Gasteiger partial charge < -0.3 is 4.74 Å². The Hall–Kier alpha value is -3.39. The molecule has 0 aromatic carbocycles. The van der Waals surface area contributed by atoms with Gasteiger partial charge in [0.05, 0.1) is 0 Å². The molecule has 0 saturated heterocycles. The lowest BCUT2D eigenvalue weighted by Crippen LogP contribution is -2.31. The Bertz CT molecular complexity index is 1370. The number of hydrogen-bond donors (Lipinski definition) is 0. The molecule has 0 aliphatic heterocycles. The second-order valence-corrected chi connectivity index (χ2v) is 14.1. The maximum Gasteiger partial charge on any atom is 0.302 e. The first-order valence-corrected chi connectivity index (χ1v) is 16.3. The van der Waals surface area contributed by atoms with Crippen LogP contribution in [0.4, 0.5) is 0 Å². The fourth-order valence-electron chi connectivity index (χ4n) is 6.25. The van der Waals surface area contributed by atoms with Crippen molar-refractivity contribution in [3.05, 3.63) is 130 Å². The fourth-order valence-corrected chi connectivity index (χ4v) is 6.25. The van der Waals surface area contributed by atoms with Crippen LogP contribution < -0.4 is 0 Å². The molecule has 0 aromatic heterocycles. The molecule has 238 valence electrons. The lowest BCUT2D eigenvalue weighted by atomic mass is 9.71. The summed E-state index contributed by atoms with van der Waals surface area (Å²) in [5.74, 6) is -0.198. The number of carbonyl (C=O) groups is 1. The topological polar surface area (TPSA) is 26.3 Å². The zero-order valence-corrected chi connectivity index (χ0v) is 29.5. The molecule has 1 atom stereocenters. The van der Waals surface area contributed by atoms with Gasteiger partial charge in [0, 0.05) is 13.3 Å². The molecule has 44 heavy (non-hydrogen) atoms. The Morgan fingerprint density at radius 3 is 1.57 bits per heavy atom. The zero-order chi connectivity index (χ0) is 32.9. The highest BCUT2D eigenvalue weighted by atomic mass is 16.5. The van der Waals surface area contributed by atoms with Crippen LogP contribution in [0, 0.1) is 10.8 Å². The first kappa shape index (κ1) is 36.8. The average molecular weight is 595 g/mol. The van der Waals surface area contributed by atoms with Crippen molar-refractivity contribution >= 4 is 5.97 Å². The molecule has 0 aromatic rings. The van der Waals surface area contributed by atoms with E-state index in [1.807, 2.05) is 0 Å². The van der Waals surface area contributed by atoms with Gasteiger partial charge in [-0.2, -0.15) is 0 Å². The van der Waals surface area contributed by atoms with Crippen molar-refractivity contribution < 1.29 is 9.53 Å². The summed E-state index contributed by atoms with van der Waals surface area (Å²) >= 11 is 0. The molecule has 0 N–H and O–H groups in total. The SMILES string of the molecule is CC(=O)O[C@@H]1CC(C)=C(/C=C/C(C)=C/C=C/C(C)=C/C=C/C=C(C)/C=C/C=C(C)/C=C/C2=C(C)CCCC2(C)C)C(C)(C)C1. The predicted molar refractivity (Wildman–Crippen MR) is 192 cm³/mol. The third-order valence-electron chi connectivity index (χ3n) is 8.63. The minimum Gasteiger partial charge on any atom is -0.462 e. The second kappa shape index (κ2) is 17.2. The number of esters is 1. The minimum absolute atomic E-state index is 0.0282. The van der Waals surface area contributed by atoms with Crippen molar-refractivity contribution in [3.8, 4) is 0 Å². The molecular formula is C42H58O2. The van der Waals surface area contributed by atoms with E-state index in [1.165, 1.54) is 70.8 Å². The van der Waals surface area contributed by atoms with Crippen LogP contribution in [-0.4, -0.2) is 12.1 Å². The number of rotatable bonds is 11. The third kappa shape index (κ3) is 12.7. The molecule has 0 unspecified atom stereocenters. The molecule has 2 aliphatic carbocycles. The summed E-state index contributed by atoms with van der Waals surface area (Å²) in [6.07, 6.45) is 35.7. The summed E-state index contributed by atoms with van der Waals surface area (Å²) in [6.45, 7) is 23.6. The van der Waals surface area contributed by atoms with Gasteiger partial charge in [-0.05, 0) is 89.2 Å². The molecule has 0 heterocycles. The molecule has 0 fully saturated rings. The van der Waals surface area contributed by atoms with Gasteiger partial charge in [0.15, 0.2) is 0 Å². The summed E-state index contributed by atoms with van der Waals surface area (Å²) in [7, 11) is 0. The first-order valence-electron chi connectivity index (χ1n) is 16.3. The maximum absolute atomic E-state index is 11.4. The van der Waals surface area contributed by atoms with E-state index in [2.05, 4.69) is 154 Å². The van der Waals surface area contributed by atoms with Crippen LogP contribution in [-0.2, 0) is 9.53 Å². The molecule has 2 aliphatic rings. The standard InChI is InChI=1S/C42H58O2/c1-31(19-14-21-33(3)24-26-39-35(5)23-16-28-41(39,8)9)17-12-13-18-32(2)20-15-22-34(4)25-27-40-36(6)29-38(44-37(7)43)30-42(40,10)11/h12-15,17-22,24-27,38H,16,23,28-30H2,1-11H3/b13-12+,19-14+,20-15+,26-24+,27-25+,31-17+,32-18+,33-21+,34-22+/t38-/m1/s1. The van der Waals surface area contributed by atoms with Crippen molar-refractivity contribution in [1.82, 2.24) is 0 Å². The van der Waals surface area contributed by atoms with Crippen molar-refractivity contribution in [2.75, 3.05) is 0 Å². The highest BCUT2D eigenvalue weighted by Crippen LogP contribution is 2.42. The quantitative estimate of drug-likeness (QED) is 0.176. The van der Waals surface area contributed by atoms with E-state index >= 15 is 0 Å². The largest absolute Gasteiger partial charge is 0.462 e. The molecule has 0 bridgehead atoms. The van der Waals surface area contributed by atoms with Gasteiger partial charge in [-0.25, -0.2) is 0 Å². The molecule has 0 spiro atoms. The van der Waals surface area contributed by atoms with Crippen molar-refractivity contribution in [2.24, 2.45) is 10.8 Å². The van der Waals surface area contributed by atoms with Crippen molar-refractivity contribution in [2.45, 2.75) is 114 Å². The van der Waals surface area contributed by atoms with E-state index in [0.717, 1.165) is 12.8 Å². The van der Waals surface area contributed by atoms with E-state index in [4.69, 9.17) is 4.74 Å². The lowest BCUT2D eigenvalue weighted by molar-refractivity contribution is -0.147. The fraction of sp³-hybridized carbons (Fsp3) is 0.452. The van der Waals surface area contributed by atoms with E-state index in [0.29, 0.717) is 0 Å². The summed E-state index contributed by atoms with van der Waals surface area (Å²) in [6, 6.07) is 0. The second-order valence-electron chi connectivity index (χ2n) is 14.1. The van der Waals surface area contributed by atoms with Crippen LogP contribution in [0.1, 0.15) is 108 Å². The number of allylic oxidation sites excluding steroid dienone is 21. The smallest absolute Gasteiger partial charge is 0.302 e. The first-order chi connectivity index (χ1) is 20.6. The van der Waals surface area contributed by atoms with Crippen molar-refractivity contribution in [1.29, 1.82) is 0 Å². The Balaban J connectivity index is 1.91. The van der Waals surface area contributed by atoms with Crippen LogP contribution in [0.25, 0.3) is 0 Å². The highest BCUT2D eigenvalue weighted by Gasteiger charge is 2.33. The maximum atomic E-state index is 11.4. The number of ether oxygens (including phenoxy) is 1. The van der Waals surface area contributed by atoms with Crippen LogP contribution in [0.2, 0.25) is 0 Å². The molecular weight excluding hydrogens is 536 g/mol. The summed E-state index contributed by atoms with van der Waals surface area (Å²) in [4.78, 5) is 11.4. The Kier molecular flexibility index (Phi) is 14.4. The Labute approximate surface area is 269 Å². The van der Waals surface area contributed by atoms with Crippen molar-refractivity contribution in [3.63, 3.8) is 0 Å². The molecule has 2 nitrogen and oxygen atoms in total. The van der Waals surface area contributed by atoms with E-state index in [-0.39, 0.29) is 22.9 Å². The van der Waals surface area contributed by atoms with Crippen LogP contribution in [0.5, 0.6) is 0 Å². The normalized spacial score (nSPS) is 22.6. The Morgan fingerprint density at radius 2 is 1.11 bits per heavy atom. The van der Waals surface area contributed by atoms with Crippen LogP contribution in [0.15, 0.2) is 130 Å². The average Bonchev–Trinajstić information content (AvgIpc) is 2.89. The molecule has 0 radical (unpaired) electrons. The van der Waals surface area contributed by atoms with Gasteiger partial charge in [0.2, 0.25) is 0 Å². The van der Waals surface area contributed by atoms with E-state index in [1.54, 1.807) is 0 Å². The minimum atomic E-state index is -0.198. The highest BCUT2D eigenvalue weighted by molar-refractivity contribution is 5.66. The van der Waals surface area contributed by atoms with Crippen LogP contribution in [0.3, 0.4) is 0 Å². The van der Waals surface area contributed by atoms with E-state index in [9.17, 15) is 4.79 Å². The summed E-state index contributed by atoms with van der Waals surface area (Å²) in [5.41, 5.74) is 10.8. The summed E-state index contributed by atoms with van der Waals surface area (Å²) < 4.78 is 5.51. The number of hydrogen-bond acceptors (Lipinski definition) is 2. The molecule has 0 amide bonds. The molecule has 0 saturated carbocycles. The predicted octanol–water partition coefficient (Wildman–Crippen LogP) is 12.1. The van der Waals surface area contributed by atoms with Gasteiger partial charge in [-0.3, -0.25) is 4.79 Å². The summed E-state index contributed by atoms with van der Waals surface area (Å²) in [5, 5.41) is 0. The van der Waals surface area contributed by atoms with Gasteiger partial charge in [0.1, 0.15) is 6.10 Å². The van der Waals surface area contributed by atoms with Gasteiger partial charge in [-0.1, -0.05) is 146 Å². The van der Waals surface area contributed by atoms with Gasteiger partial charge >= 0.3 is 5.97 Å².